The van der Waals surface area contributed by atoms with Gasteiger partial charge >= 0.3 is 0 Å². The molecule has 0 aliphatic heterocycles. The number of halogens is 3. The molecule has 21 heavy (non-hydrogen) atoms. The molecule has 0 radical (unpaired) electrons. The smallest absolute Gasteiger partial charge is 0.254 e. The number of amides is 1. The van der Waals surface area contributed by atoms with E-state index in [1.165, 1.54) is 11.3 Å². The molecule has 7 heteroatoms. The molecule has 3 nitrogen and oxygen atoms in total. The van der Waals surface area contributed by atoms with E-state index in [1.807, 2.05) is 13.8 Å². The fraction of sp³-hybridized carbons (Fsp3) is 0.286. The summed E-state index contributed by atoms with van der Waals surface area (Å²) in [6.07, 6.45) is 0. The Hall–Kier alpha value is -1.89. The van der Waals surface area contributed by atoms with Gasteiger partial charge in [-0.25, -0.2) is 18.2 Å². The number of carbonyl (C=O) groups excluding carboxylic acids is 1. The normalized spacial score (nSPS) is 11.0. The Balaban J connectivity index is 2.06. The maximum Gasteiger partial charge on any atom is 0.254 e. The first-order chi connectivity index (χ1) is 9.90. The molecule has 2 aromatic rings. The standard InChI is InChI=1S/C14H13F3N2OS/c1-7(2)14-19-8(6-21-14)5-18-13(20)9-3-4-10(15)12(17)11(9)16/h3-4,6-7H,5H2,1-2H3,(H,18,20). The average Bonchev–Trinajstić information content (AvgIpc) is 2.91. The van der Waals surface area contributed by atoms with Gasteiger partial charge in [-0.1, -0.05) is 13.8 Å². The fourth-order valence-electron chi connectivity index (χ4n) is 1.64. The highest BCUT2D eigenvalue weighted by Gasteiger charge is 2.18. The number of carbonyl (C=O) groups is 1. The van der Waals surface area contributed by atoms with Crippen LogP contribution in [0, 0.1) is 17.5 Å². The molecule has 1 amide bonds. The molecule has 0 spiro atoms. The molecule has 0 atom stereocenters. The van der Waals surface area contributed by atoms with Gasteiger partial charge in [-0.3, -0.25) is 4.79 Å². The molecule has 0 fully saturated rings. The van der Waals surface area contributed by atoms with Gasteiger partial charge in [0.05, 0.1) is 22.8 Å². The summed E-state index contributed by atoms with van der Waals surface area (Å²) in [5.41, 5.74) is 0.105. The Kier molecular flexibility index (Phi) is 4.62. The Morgan fingerprint density at radius 3 is 2.62 bits per heavy atom. The predicted molar refractivity (Wildman–Crippen MR) is 73.7 cm³/mol. The highest BCUT2D eigenvalue weighted by Crippen LogP contribution is 2.19. The highest BCUT2D eigenvalue weighted by molar-refractivity contribution is 7.09. The number of rotatable bonds is 4. The van der Waals surface area contributed by atoms with Crippen molar-refractivity contribution in [2.45, 2.75) is 26.3 Å². The average molecular weight is 314 g/mol. The Morgan fingerprint density at radius 1 is 1.29 bits per heavy atom. The lowest BCUT2D eigenvalue weighted by atomic mass is 10.2. The lowest BCUT2D eigenvalue weighted by Crippen LogP contribution is -2.24. The van der Waals surface area contributed by atoms with Gasteiger partial charge in [0.2, 0.25) is 0 Å². The zero-order valence-electron chi connectivity index (χ0n) is 11.4. The van der Waals surface area contributed by atoms with E-state index in [-0.39, 0.29) is 12.5 Å². The van der Waals surface area contributed by atoms with Gasteiger partial charge in [-0.05, 0) is 12.1 Å². The topological polar surface area (TPSA) is 42.0 Å². The van der Waals surface area contributed by atoms with Gasteiger partial charge in [-0.2, -0.15) is 0 Å². The van der Waals surface area contributed by atoms with Crippen molar-refractivity contribution in [1.29, 1.82) is 0 Å². The first kappa shape index (κ1) is 15.5. The Bertz CT molecular complexity index is 670. The monoisotopic (exact) mass is 314 g/mol. The molecule has 0 aliphatic rings. The van der Waals surface area contributed by atoms with Crippen molar-refractivity contribution in [1.82, 2.24) is 10.3 Å². The molecule has 0 unspecified atom stereocenters. The van der Waals surface area contributed by atoms with Gasteiger partial charge in [-0.15, -0.1) is 11.3 Å². The highest BCUT2D eigenvalue weighted by atomic mass is 32.1. The third-order valence-corrected chi connectivity index (χ3v) is 3.97. The van der Waals surface area contributed by atoms with Crippen LogP contribution in [0.5, 0.6) is 0 Å². The van der Waals surface area contributed by atoms with Gasteiger partial charge in [0.25, 0.3) is 5.91 Å². The number of hydrogen-bond acceptors (Lipinski definition) is 3. The van der Waals surface area contributed by atoms with E-state index in [9.17, 15) is 18.0 Å². The van der Waals surface area contributed by atoms with Crippen molar-refractivity contribution in [2.24, 2.45) is 0 Å². The molecule has 1 aromatic carbocycles. The second kappa shape index (κ2) is 6.26. The fourth-order valence-corrected chi connectivity index (χ4v) is 2.47. The third kappa shape index (κ3) is 3.41. The van der Waals surface area contributed by atoms with E-state index in [0.29, 0.717) is 11.8 Å². The van der Waals surface area contributed by atoms with Crippen molar-refractivity contribution >= 4 is 17.2 Å². The number of benzene rings is 1. The van der Waals surface area contributed by atoms with E-state index < -0.39 is 28.9 Å². The van der Waals surface area contributed by atoms with Gasteiger partial charge in [0, 0.05) is 11.3 Å². The van der Waals surface area contributed by atoms with Gasteiger partial charge in [0.15, 0.2) is 17.5 Å². The van der Waals surface area contributed by atoms with E-state index >= 15 is 0 Å². The summed E-state index contributed by atoms with van der Waals surface area (Å²) in [7, 11) is 0. The zero-order chi connectivity index (χ0) is 15.6. The minimum absolute atomic E-state index is 0.0977. The predicted octanol–water partition coefficient (Wildman–Crippen LogP) is 3.61. The zero-order valence-corrected chi connectivity index (χ0v) is 12.2. The first-order valence-electron chi connectivity index (χ1n) is 6.26. The molecule has 112 valence electrons. The van der Waals surface area contributed by atoms with E-state index in [2.05, 4.69) is 10.3 Å². The second-order valence-corrected chi connectivity index (χ2v) is 5.63. The van der Waals surface area contributed by atoms with Gasteiger partial charge in [0.1, 0.15) is 0 Å². The van der Waals surface area contributed by atoms with E-state index in [0.717, 1.165) is 11.1 Å². The molecule has 1 N–H and O–H groups in total. The molecule has 2 rings (SSSR count). The van der Waals surface area contributed by atoms with Crippen molar-refractivity contribution in [2.75, 3.05) is 0 Å². The third-order valence-electron chi connectivity index (χ3n) is 2.77. The molecule has 0 saturated carbocycles. The first-order valence-corrected chi connectivity index (χ1v) is 7.14. The maximum atomic E-state index is 13.5. The minimum Gasteiger partial charge on any atom is -0.346 e. The summed E-state index contributed by atoms with van der Waals surface area (Å²) in [5, 5.41) is 5.15. The molecule has 1 heterocycles. The van der Waals surface area contributed by atoms with Crippen LogP contribution in [0.2, 0.25) is 0 Å². The number of nitrogens with one attached hydrogen (secondary N) is 1. The van der Waals surface area contributed by atoms with Crippen LogP contribution >= 0.6 is 11.3 Å². The van der Waals surface area contributed by atoms with Crippen LogP contribution in [-0.2, 0) is 6.54 Å². The van der Waals surface area contributed by atoms with Crippen molar-refractivity contribution in [3.05, 3.63) is 51.2 Å². The summed E-state index contributed by atoms with van der Waals surface area (Å²) in [4.78, 5) is 16.1. The quantitative estimate of drug-likeness (QED) is 0.876. The Morgan fingerprint density at radius 2 is 2.00 bits per heavy atom. The summed E-state index contributed by atoms with van der Waals surface area (Å²) < 4.78 is 39.3. The number of aromatic nitrogens is 1. The van der Waals surface area contributed by atoms with E-state index in [1.54, 1.807) is 5.38 Å². The van der Waals surface area contributed by atoms with Crippen LogP contribution < -0.4 is 5.32 Å². The molecular weight excluding hydrogens is 301 g/mol. The number of nitrogens with zero attached hydrogens (tertiary/aromatic N) is 1. The summed E-state index contributed by atoms with van der Waals surface area (Å²) in [6, 6.07) is 1.62. The largest absolute Gasteiger partial charge is 0.346 e. The summed E-state index contributed by atoms with van der Waals surface area (Å²) >= 11 is 1.47. The lowest BCUT2D eigenvalue weighted by molar-refractivity contribution is 0.0945. The number of hydrogen-bond donors (Lipinski definition) is 1. The summed E-state index contributed by atoms with van der Waals surface area (Å²) in [6.45, 7) is 4.09. The van der Waals surface area contributed by atoms with Crippen molar-refractivity contribution < 1.29 is 18.0 Å². The van der Waals surface area contributed by atoms with Crippen LogP contribution in [0.15, 0.2) is 17.5 Å². The van der Waals surface area contributed by atoms with Crippen LogP contribution in [0.3, 0.4) is 0 Å². The Labute approximate surface area is 123 Å². The number of thiazole rings is 1. The van der Waals surface area contributed by atoms with Crippen LogP contribution in [0.1, 0.15) is 40.8 Å². The van der Waals surface area contributed by atoms with Gasteiger partial charge < -0.3 is 5.32 Å². The second-order valence-electron chi connectivity index (χ2n) is 4.74. The molecule has 0 bridgehead atoms. The van der Waals surface area contributed by atoms with Crippen LogP contribution in [0.4, 0.5) is 13.2 Å². The molecule has 0 aliphatic carbocycles. The molecule has 1 aromatic heterocycles. The molecular formula is C14H13F3N2OS. The minimum atomic E-state index is -1.65. The SMILES string of the molecule is CC(C)c1nc(CNC(=O)c2ccc(F)c(F)c2F)cs1. The molecule has 0 saturated heterocycles. The lowest BCUT2D eigenvalue weighted by Gasteiger charge is -2.05. The van der Waals surface area contributed by atoms with Crippen molar-refractivity contribution in [3.8, 4) is 0 Å². The van der Waals surface area contributed by atoms with Crippen LogP contribution in [0.25, 0.3) is 0 Å². The van der Waals surface area contributed by atoms with E-state index in [4.69, 9.17) is 0 Å². The summed E-state index contributed by atoms with van der Waals surface area (Å²) in [5.74, 6) is -5.01. The maximum absolute atomic E-state index is 13.5. The van der Waals surface area contributed by atoms with Crippen molar-refractivity contribution in [3.63, 3.8) is 0 Å². The van der Waals surface area contributed by atoms with Crippen LogP contribution in [-0.4, -0.2) is 10.9 Å².